The van der Waals surface area contributed by atoms with Gasteiger partial charge in [0.05, 0.1) is 13.3 Å². The molecule has 0 atom stereocenters. The fraction of sp³-hybridized carbons (Fsp3) is 0.381. The van der Waals surface area contributed by atoms with E-state index < -0.39 is 0 Å². The zero-order valence-corrected chi connectivity index (χ0v) is 16.0. The Morgan fingerprint density at radius 3 is 2.79 bits per heavy atom. The Morgan fingerprint density at radius 2 is 2.04 bits per heavy atom. The largest absolute Gasteiger partial charge is 0.497 e. The second kappa shape index (κ2) is 8.39. The molecule has 0 radical (unpaired) electrons. The van der Waals surface area contributed by atoms with Crippen LogP contribution in [0.1, 0.15) is 24.0 Å². The van der Waals surface area contributed by atoms with Gasteiger partial charge in [0.2, 0.25) is 5.91 Å². The third kappa shape index (κ3) is 4.14. The number of hydrogen-bond acceptors (Lipinski definition) is 5. The molecule has 1 amide bonds. The number of likely N-dealkylation sites (tertiary alicyclic amines) is 1. The highest BCUT2D eigenvalue weighted by Gasteiger charge is 2.25. The van der Waals surface area contributed by atoms with Crippen molar-refractivity contribution < 1.29 is 9.53 Å². The van der Waals surface area contributed by atoms with Gasteiger partial charge in [-0.25, -0.2) is 9.50 Å². The maximum atomic E-state index is 12.5. The van der Waals surface area contributed by atoms with Gasteiger partial charge in [0.1, 0.15) is 5.75 Å². The van der Waals surface area contributed by atoms with E-state index in [1.165, 1.54) is 0 Å². The quantitative estimate of drug-likeness (QED) is 0.711. The van der Waals surface area contributed by atoms with Crippen molar-refractivity contribution in [3.63, 3.8) is 0 Å². The van der Waals surface area contributed by atoms with E-state index in [0.717, 1.165) is 55.0 Å². The zero-order chi connectivity index (χ0) is 19.3. The van der Waals surface area contributed by atoms with Crippen LogP contribution in [0.3, 0.4) is 0 Å². The summed E-state index contributed by atoms with van der Waals surface area (Å²) in [4.78, 5) is 19.3. The van der Waals surface area contributed by atoms with Gasteiger partial charge in [-0.2, -0.15) is 5.10 Å². The SMILES string of the molecule is COc1ccc(CNC(=O)C2CCN(Cc3cnn4cccnc34)CC2)cc1. The minimum atomic E-state index is 0.0801. The Hall–Kier alpha value is -2.93. The van der Waals surface area contributed by atoms with Gasteiger partial charge in [-0.05, 0) is 49.7 Å². The minimum absolute atomic E-state index is 0.0801. The van der Waals surface area contributed by atoms with Gasteiger partial charge >= 0.3 is 0 Å². The molecule has 1 aliphatic heterocycles. The standard InChI is InChI=1S/C21H25N5O2/c1-28-19-5-3-16(4-6-19)13-23-21(27)17-7-11-25(12-8-17)15-18-14-24-26-10-2-9-22-20(18)26/h2-6,9-10,14,17H,7-8,11-13,15H2,1H3,(H,23,27). The van der Waals surface area contributed by atoms with E-state index in [2.05, 4.69) is 20.3 Å². The monoisotopic (exact) mass is 379 g/mol. The number of carbonyl (C=O) groups excluding carboxylic acids is 1. The molecule has 2 aromatic heterocycles. The Morgan fingerprint density at radius 1 is 1.25 bits per heavy atom. The van der Waals surface area contributed by atoms with E-state index in [4.69, 9.17) is 4.74 Å². The molecular weight excluding hydrogens is 354 g/mol. The van der Waals surface area contributed by atoms with Crippen LogP contribution in [0.15, 0.2) is 48.9 Å². The van der Waals surface area contributed by atoms with Crippen molar-refractivity contribution in [2.45, 2.75) is 25.9 Å². The summed E-state index contributed by atoms with van der Waals surface area (Å²) in [6, 6.07) is 9.66. The van der Waals surface area contributed by atoms with E-state index in [-0.39, 0.29) is 11.8 Å². The van der Waals surface area contributed by atoms with Crippen LogP contribution in [0, 0.1) is 5.92 Å². The number of carbonyl (C=O) groups is 1. The zero-order valence-electron chi connectivity index (χ0n) is 16.0. The van der Waals surface area contributed by atoms with Gasteiger partial charge in [-0.3, -0.25) is 9.69 Å². The van der Waals surface area contributed by atoms with Gasteiger partial charge < -0.3 is 10.1 Å². The average molecular weight is 379 g/mol. The molecule has 0 unspecified atom stereocenters. The van der Waals surface area contributed by atoms with Crippen molar-refractivity contribution in [1.29, 1.82) is 0 Å². The molecule has 1 fully saturated rings. The third-order valence-electron chi connectivity index (χ3n) is 5.33. The van der Waals surface area contributed by atoms with Crippen LogP contribution in [0.25, 0.3) is 5.65 Å². The first-order valence-electron chi connectivity index (χ1n) is 9.63. The lowest BCUT2D eigenvalue weighted by atomic mass is 9.95. The van der Waals surface area contributed by atoms with Gasteiger partial charge in [0.25, 0.3) is 0 Å². The van der Waals surface area contributed by atoms with Crippen molar-refractivity contribution >= 4 is 11.6 Å². The Bertz CT molecular complexity index is 929. The number of benzene rings is 1. The molecule has 0 saturated carbocycles. The van der Waals surface area contributed by atoms with Crippen molar-refractivity contribution in [2.24, 2.45) is 5.92 Å². The topological polar surface area (TPSA) is 71.8 Å². The van der Waals surface area contributed by atoms with E-state index in [0.29, 0.717) is 6.54 Å². The van der Waals surface area contributed by atoms with E-state index in [9.17, 15) is 4.79 Å². The highest BCUT2D eigenvalue weighted by atomic mass is 16.5. The number of nitrogens with one attached hydrogen (secondary N) is 1. The van der Waals surface area contributed by atoms with Gasteiger partial charge in [-0.1, -0.05) is 12.1 Å². The predicted octanol–water partition coefficient (Wildman–Crippen LogP) is 2.27. The van der Waals surface area contributed by atoms with Gasteiger partial charge in [0, 0.05) is 37.0 Å². The summed E-state index contributed by atoms with van der Waals surface area (Å²) < 4.78 is 6.96. The number of methoxy groups -OCH3 is 1. The Labute approximate surface area is 164 Å². The van der Waals surface area contributed by atoms with Crippen LogP contribution >= 0.6 is 0 Å². The fourth-order valence-corrected chi connectivity index (χ4v) is 3.66. The highest BCUT2D eigenvalue weighted by molar-refractivity contribution is 5.78. The molecule has 28 heavy (non-hydrogen) atoms. The lowest BCUT2D eigenvalue weighted by molar-refractivity contribution is -0.126. The summed E-state index contributed by atoms with van der Waals surface area (Å²) in [5, 5.41) is 7.42. The summed E-state index contributed by atoms with van der Waals surface area (Å²) in [6.07, 6.45) is 7.34. The molecule has 7 heteroatoms. The highest BCUT2D eigenvalue weighted by Crippen LogP contribution is 2.20. The number of piperidine rings is 1. The first-order chi connectivity index (χ1) is 13.7. The number of hydrogen-bond donors (Lipinski definition) is 1. The predicted molar refractivity (Wildman–Crippen MR) is 106 cm³/mol. The first-order valence-corrected chi connectivity index (χ1v) is 9.63. The summed E-state index contributed by atoms with van der Waals surface area (Å²) in [5.41, 5.74) is 3.11. The minimum Gasteiger partial charge on any atom is -0.497 e. The van der Waals surface area contributed by atoms with Crippen molar-refractivity contribution in [3.8, 4) is 5.75 Å². The van der Waals surface area contributed by atoms with Crippen LogP contribution < -0.4 is 10.1 Å². The van der Waals surface area contributed by atoms with Crippen LogP contribution in [0.5, 0.6) is 5.75 Å². The Balaban J connectivity index is 1.25. The van der Waals surface area contributed by atoms with Crippen LogP contribution in [0.2, 0.25) is 0 Å². The summed E-state index contributed by atoms with van der Waals surface area (Å²) in [6.45, 7) is 3.19. The molecule has 3 aromatic rings. The second-order valence-electron chi connectivity index (χ2n) is 7.17. The van der Waals surface area contributed by atoms with E-state index in [1.807, 2.05) is 42.7 Å². The molecule has 1 aromatic carbocycles. The maximum Gasteiger partial charge on any atom is 0.223 e. The van der Waals surface area contributed by atoms with Crippen LogP contribution in [-0.2, 0) is 17.9 Å². The summed E-state index contributed by atoms with van der Waals surface area (Å²) >= 11 is 0. The van der Waals surface area contributed by atoms with Crippen LogP contribution in [0.4, 0.5) is 0 Å². The molecule has 1 N–H and O–H groups in total. The number of aromatic nitrogens is 3. The number of nitrogens with zero attached hydrogens (tertiary/aromatic N) is 4. The maximum absolute atomic E-state index is 12.5. The molecule has 0 bridgehead atoms. The molecule has 1 aliphatic rings. The molecule has 3 heterocycles. The van der Waals surface area contributed by atoms with Gasteiger partial charge in [0.15, 0.2) is 5.65 Å². The third-order valence-corrected chi connectivity index (χ3v) is 5.33. The lowest BCUT2D eigenvalue weighted by Gasteiger charge is -2.31. The normalized spacial score (nSPS) is 15.6. The molecular formula is C21H25N5O2. The van der Waals surface area contributed by atoms with Crippen LogP contribution in [-0.4, -0.2) is 45.6 Å². The average Bonchev–Trinajstić information content (AvgIpc) is 3.16. The fourth-order valence-electron chi connectivity index (χ4n) is 3.66. The number of rotatable bonds is 6. The van der Waals surface area contributed by atoms with Gasteiger partial charge in [-0.15, -0.1) is 0 Å². The van der Waals surface area contributed by atoms with E-state index in [1.54, 1.807) is 17.8 Å². The molecule has 0 aliphatic carbocycles. The molecule has 146 valence electrons. The van der Waals surface area contributed by atoms with Crippen molar-refractivity contribution in [1.82, 2.24) is 24.8 Å². The lowest BCUT2D eigenvalue weighted by Crippen LogP contribution is -2.40. The second-order valence-corrected chi connectivity index (χ2v) is 7.17. The number of amides is 1. The number of fused-ring (bicyclic) bond motifs is 1. The smallest absolute Gasteiger partial charge is 0.223 e. The Kier molecular flexibility index (Phi) is 5.53. The first kappa shape index (κ1) is 18.4. The summed E-state index contributed by atoms with van der Waals surface area (Å²) in [5.74, 6) is 1.05. The van der Waals surface area contributed by atoms with E-state index >= 15 is 0 Å². The van der Waals surface area contributed by atoms with Crippen molar-refractivity contribution in [3.05, 3.63) is 60.0 Å². The molecule has 0 spiro atoms. The van der Waals surface area contributed by atoms with Crippen molar-refractivity contribution in [2.75, 3.05) is 20.2 Å². The molecule has 1 saturated heterocycles. The summed E-state index contributed by atoms with van der Waals surface area (Å²) in [7, 11) is 1.65. The molecule has 7 nitrogen and oxygen atoms in total. The number of ether oxygens (including phenoxy) is 1. The molecule has 4 rings (SSSR count).